The molecule has 0 aliphatic rings. The van der Waals surface area contributed by atoms with Crippen LogP contribution < -0.4 is 5.19 Å². The SMILES string of the molecule is CCO[Si](OCC)(OCC)c1cc(I)c(I)c(I)c1. The van der Waals surface area contributed by atoms with Gasteiger partial charge in [-0.2, -0.15) is 0 Å². The lowest BCUT2D eigenvalue weighted by Gasteiger charge is -2.29. The smallest absolute Gasteiger partial charge is 0.370 e. The first kappa shape index (κ1) is 18.6. The van der Waals surface area contributed by atoms with Gasteiger partial charge in [0.25, 0.3) is 0 Å². The fraction of sp³-hybridized carbons (Fsp3) is 0.500. The van der Waals surface area contributed by atoms with Crippen molar-refractivity contribution in [1.82, 2.24) is 0 Å². The standard InChI is InChI=1S/C12H17I3O3Si/c1-4-16-19(17-5-2,18-6-3)9-7-10(13)12(15)11(14)8-9/h7-8H,4-6H2,1-3H3. The second-order valence-corrected chi connectivity index (χ2v) is 9.57. The molecule has 1 rings (SSSR count). The third-order valence-electron chi connectivity index (χ3n) is 2.34. The van der Waals surface area contributed by atoms with E-state index in [2.05, 4.69) is 79.9 Å². The first-order chi connectivity index (χ1) is 9.00. The minimum absolute atomic E-state index is 0.589. The van der Waals surface area contributed by atoms with Crippen molar-refractivity contribution in [3.8, 4) is 0 Å². The van der Waals surface area contributed by atoms with Crippen molar-refractivity contribution in [2.45, 2.75) is 20.8 Å². The molecule has 0 aliphatic carbocycles. The molecule has 0 atom stereocenters. The molecule has 0 aliphatic heterocycles. The Labute approximate surface area is 156 Å². The normalized spacial score (nSPS) is 11.9. The molecule has 0 fully saturated rings. The Kier molecular flexibility index (Phi) is 8.62. The summed E-state index contributed by atoms with van der Waals surface area (Å²) in [7, 11) is -2.77. The summed E-state index contributed by atoms with van der Waals surface area (Å²) in [6.45, 7) is 7.69. The molecule has 0 amide bonds. The summed E-state index contributed by atoms with van der Waals surface area (Å²) in [5, 5.41) is 1.05. The number of halogens is 3. The molecule has 0 aromatic heterocycles. The maximum Gasteiger partial charge on any atom is 0.537 e. The van der Waals surface area contributed by atoms with E-state index < -0.39 is 8.80 Å². The predicted molar refractivity (Wildman–Crippen MR) is 105 cm³/mol. The Hall–Kier alpha value is 1.51. The third kappa shape index (κ3) is 4.74. The first-order valence-corrected chi connectivity index (χ1v) is 11.0. The lowest BCUT2D eigenvalue weighted by molar-refractivity contribution is 0.0859. The Morgan fingerprint density at radius 2 is 1.21 bits per heavy atom. The fourth-order valence-corrected chi connectivity index (χ4v) is 6.88. The van der Waals surface area contributed by atoms with Crippen LogP contribution in [0.15, 0.2) is 12.1 Å². The summed E-state index contributed by atoms with van der Waals surface area (Å²) in [4.78, 5) is 0. The van der Waals surface area contributed by atoms with Crippen LogP contribution >= 0.6 is 67.8 Å². The van der Waals surface area contributed by atoms with Crippen LogP contribution in [0.2, 0.25) is 0 Å². The molecule has 1 aromatic carbocycles. The van der Waals surface area contributed by atoms with Crippen LogP contribution in [-0.2, 0) is 13.3 Å². The van der Waals surface area contributed by atoms with Crippen molar-refractivity contribution >= 4 is 81.8 Å². The lowest BCUT2D eigenvalue weighted by Crippen LogP contribution is -2.57. The van der Waals surface area contributed by atoms with E-state index in [4.69, 9.17) is 13.3 Å². The van der Waals surface area contributed by atoms with Gasteiger partial charge in [0.05, 0.1) is 0 Å². The molecule has 0 saturated heterocycles. The van der Waals surface area contributed by atoms with Gasteiger partial charge in [-0.25, -0.2) is 0 Å². The summed E-state index contributed by atoms with van der Waals surface area (Å²) in [5.74, 6) is 0. The summed E-state index contributed by atoms with van der Waals surface area (Å²) in [6.07, 6.45) is 0. The number of hydrogen-bond acceptors (Lipinski definition) is 3. The molecule has 1 aromatic rings. The van der Waals surface area contributed by atoms with Crippen molar-refractivity contribution in [2.75, 3.05) is 19.8 Å². The zero-order valence-corrected chi connectivity index (χ0v) is 18.6. The quantitative estimate of drug-likeness (QED) is 0.265. The first-order valence-electron chi connectivity index (χ1n) is 6.07. The molecule has 0 bridgehead atoms. The van der Waals surface area contributed by atoms with Crippen LogP contribution in [0.4, 0.5) is 0 Å². The van der Waals surface area contributed by atoms with Crippen molar-refractivity contribution < 1.29 is 13.3 Å². The van der Waals surface area contributed by atoms with Crippen LogP contribution in [0.5, 0.6) is 0 Å². The molecule has 108 valence electrons. The van der Waals surface area contributed by atoms with Gasteiger partial charge in [0.15, 0.2) is 0 Å². The zero-order valence-electron chi connectivity index (χ0n) is 11.1. The Balaban J connectivity index is 3.29. The molecule has 0 unspecified atom stereocenters. The van der Waals surface area contributed by atoms with E-state index in [9.17, 15) is 0 Å². The number of benzene rings is 1. The Bertz CT molecular complexity index is 389. The van der Waals surface area contributed by atoms with Gasteiger partial charge in [0, 0.05) is 35.7 Å². The highest BCUT2D eigenvalue weighted by molar-refractivity contribution is 14.1. The zero-order chi connectivity index (χ0) is 14.5. The van der Waals surface area contributed by atoms with Crippen LogP contribution in [0.3, 0.4) is 0 Å². The summed E-state index contributed by atoms with van der Waals surface area (Å²) in [5.41, 5.74) is 0. The van der Waals surface area contributed by atoms with E-state index in [1.807, 2.05) is 20.8 Å². The third-order valence-corrected chi connectivity index (χ3v) is 10.3. The Morgan fingerprint density at radius 3 is 1.53 bits per heavy atom. The lowest BCUT2D eigenvalue weighted by atomic mass is 10.4. The number of hydrogen-bond donors (Lipinski definition) is 0. The van der Waals surface area contributed by atoms with Crippen LogP contribution in [-0.4, -0.2) is 28.6 Å². The monoisotopic (exact) mass is 618 g/mol. The summed E-state index contributed by atoms with van der Waals surface area (Å²) >= 11 is 7.04. The highest BCUT2D eigenvalue weighted by Crippen LogP contribution is 2.22. The predicted octanol–water partition coefficient (Wildman–Crippen LogP) is 3.76. The van der Waals surface area contributed by atoms with Gasteiger partial charge in [0.2, 0.25) is 0 Å². The van der Waals surface area contributed by atoms with E-state index in [1.54, 1.807) is 0 Å². The van der Waals surface area contributed by atoms with E-state index in [0.29, 0.717) is 19.8 Å². The second kappa shape index (κ2) is 8.83. The van der Waals surface area contributed by atoms with E-state index in [0.717, 1.165) is 5.19 Å². The van der Waals surface area contributed by atoms with Crippen molar-refractivity contribution in [3.05, 3.63) is 22.8 Å². The minimum Gasteiger partial charge on any atom is -0.370 e. The molecule has 0 radical (unpaired) electrons. The minimum atomic E-state index is -2.77. The van der Waals surface area contributed by atoms with Crippen molar-refractivity contribution in [2.24, 2.45) is 0 Å². The average Bonchev–Trinajstić information content (AvgIpc) is 2.36. The summed E-state index contributed by atoms with van der Waals surface area (Å²) in [6, 6.07) is 4.25. The van der Waals surface area contributed by atoms with Gasteiger partial charge in [-0.3, -0.25) is 0 Å². The van der Waals surface area contributed by atoms with Gasteiger partial charge >= 0.3 is 8.80 Å². The van der Waals surface area contributed by atoms with Gasteiger partial charge in [-0.05, 0) is 101 Å². The van der Waals surface area contributed by atoms with E-state index in [-0.39, 0.29) is 0 Å². The molecular formula is C12H17I3O3Si. The number of rotatable bonds is 7. The average molecular weight is 618 g/mol. The Morgan fingerprint density at radius 1 is 0.842 bits per heavy atom. The van der Waals surface area contributed by atoms with Crippen molar-refractivity contribution in [3.63, 3.8) is 0 Å². The highest BCUT2D eigenvalue weighted by Gasteiger charge is 2.43. The molecular weight excluding hydrogens is 601 g/mol. The van der Waals surface area contributed by atoms with E-state index >= 15 is 0 Å². The molecule has 0 N–H and O–H groups in total. The molecule has 19 heavy (non-hydrogen) atoms. The maximum absolute atomic E-state index is 5.93. The second-order valence-electron chi connectivity index (χ2n) is 3.61. The fourth-order valence-electron chi connectivity index (χ4n) is 1.68. The van der Waals surface area contributed by atoms with Crippen molar-refractivity contribution in [1.29, 1.82) is 0 Å². The van der Waals surface area contributed by atoms with Crippen LogP contribution in [0.25, 0.3) is 0 Å². The van der Waals surface area contributed by atoms with Gasteiger partial charge < -0.3 is 13.3 Å². The van der Waals surface area contributed by atoms with E-state index in [1.165, 1.54) is 10.7 Å². The summed E-state index contributed by atoms with van der Waals surface area (Å²) < 4.78 is 21.5. The molecule has 0 saturated carbocycles. The topological polar surface area (TPSA) is 27.7 Å². The van der Waals surface area contributed by atoms with Crippen LogP contribution in [0, 0.1) is 10.7 Å². The molecule has 0 spiro atoms. The van der Waals surface area contributed by atoms with Gasteiger partial charge in [-0.1, -0.05) is 0 Å². The van der Waals surface area contributed by atoms with Gasteiger partial charge in [0.1, 0.15) is 0 Å². The highest BCUT2D eigenvalue weighted by atomic mass is 127. The van der Waals surface area contributed by atoms with Gasteiger partial charge in [-0.15, -0.1) is 0 Å². The molecule has 7 heteroatoms. The largest absolute Gasteiger partial charge is 0.537 e. The molecule has 0 heterocycles. The van der Waals surface area contributed by atoms with Crippen LogP contribution in [0.1, 0.15) is 20.8 Å². The maximum atomic E-state index is 5.93. The molecule has 3 nitrogen and oxygen atoms in total.